The highest BCUT2D eigenvalue weighted by molar-refractivity contribution is 5.80. The van der Waals surface area contributed by atoms with E-state index in [1.165, 1.54) is 51.0 Å². The predicted molar refractivity (Wildman–Crippen MR) is 99.5 cm³/mol. The van der Waals surface area contributed by atoms with Gasteiger partial charge in [0.05, 0.1) is 13.2 Å². The van der Waals surface area contributed by atoms with E-state index in [2.05, 4.69) is 28.1 Å². The van der Waals surface area contributed by atoms with Crippen molar-refractivity contribution in [1.29, 1.82) is 0 Å². The van der Waals surface area contributed by atoms with Crippen molar-refractivity contribution >= 4 is 5.96 Å². The maximum absolute atomic E-state index is 5.38. The summed E-state index contributed by atoms with van der Waals surface area (Å²) in [5.41, 5.74) is 1.51. The summed E-state index contributed by atoms with van der Waals surface area (Å²) in [4.78, 5) is 10.0. The molecule has 5 heteroatoms. The normalized spacial score (nSPS) is 26.0. The Kier molecular flexibility index (Phi) is 6.97. The highest BCUT2D eigenvalue weighted by atomic mass is 16.5. The van der Waals surface area contributed by atoms with E-state index >= 15 is 0 Å². The fourth-order valence-electron chi connectivity index (χ4n) is 4.03. The second-order valence-corrected chi connectivity index (χ2v) is 7.28. The molecule has 3 aliphatic rings. The summed E-state index contributed by atoms with van der Waals surface area (Å²) in [6, 6.07) is 0. The average molecular weight is 335 g/mol. The van der Waals surface area contributed by atoms with Crippen molar-refractivity contribution in [2.24, 2.45) is 10.9 Å². The molecule has 1 unspecified atom stereocenters. The van der Waals surface area contributed by atoms with E-state index in [1.54, 1.807) is 0 Å². The summed E-state index contributed by atoms with van der Waals surface area (Å²) in [6.07, 6.45) is 8.47. The zero-order valence-electron chi connectivity index (χ0n) is 15.3. The van der Waals surface area contributed by atoms with Crippen LogP contribution in [0.2, 0.25) is 0 Å². The van der Waals surface area contributed by atoms with Crippen molar-refractivity contribution in [2.75, 3.05) is 59.0 Å². The van der Waals surface area contributed by atoms with Gasteiger partial charge in [0, 0.05) is 32.7 Å². The molecule has 0 aliphatic carbocycles. The molecule has 2 fully saturated rings. The number of hydrogen-bond donors (Lipinski definition) is 1. The van der Waals surface area contributed by atoms with Crippen LogP contribution >= 0.6 is 0 Å². The lowest BCUT2D eigenvalue weighted by atomic mass is 10.1. The van der Waals surface area contributed by atoms with E-state index in [4.69, 9.17) is 9.73 Å². The van der Waals surface area contributed by atoms with Crippen LogP contribution in [-0.2, 0) is 4.74 Å². The van der Waals surface area contributed by atoms with Gasteiger partial charge in [-0.3, -0.25) is 4.99 Å². The van der Waals surface area contributed by atoms with Crippen molar-refractivity contribution in [2.45, 2.75) is 39.0 Å². The predicted octanol–water partition coefficient (Wildman–Crippen LogP) is 2.11. The Morgan fingerprint density at radius 1 is 1.33 bits per heavy atom. The zero-order chi connectivity index (χ0) is 16.6. The number of ether oxygens (including phenoxy) is 1. The van der Waals surface area contributed by atoms with Gasteiger partial charge < -0.3 is 19.9 Å². The molecule has 24 heavy (non-hydrogen) atoms. The fraction of sp³-hybridized carbons (Fsp3) is 0.842. The SMILES string of the molecule is CCNC(=NCCC1=CCOCC1)N1CCC(CN2CCCC2)C1. The van der Waals surface area contributed by atoms with Crippen LogP contribution in [0.15, 0.2) is 16.6 Å². The Hall–Kier alpha value is -1.07. The Bertz CT molecular complexity index is 443. The number of hydrogen-bond acceptors (Lipinski definition) is 3. The highest BCUT2D eigenvalue weighted by Crippen LogP contribution is 2.20. The first-order chi connectivity index (χ1) is 11.8. The molecule has 136 valence electrons. The number of rotatable bonds is 6. The molecule has 2 saturated heterocycles. The maximum Gasteiger partial charge on any atom is 0.193 e. The monoisotopic (exact) mass is 334 g/mol. The smallest absolute Gasteiger partial charge is 0.193 e. The first-order valence-corrected chi connectivity index (χ1v) is 9.86. The molecule has 0 aromatic heterocycles. The molecule has 0 bridgehead atoms. The van der Waals surface area contributed by atoms with Gasteiger partial charge in [0.1, 0.15) is 0 Å². The van der Waals surface area contributed by atoms with Crippen LogP contribution in [0.4, 0.5) is 0 Å². The Balaban J connectivity index is 1.47. The van der Waals surface area contributed by atoms with Gasteiger partial charge in [0.15, 0.2) is 5.96 Å². The zero-order valence-corrected chi connectivity index (χ0v) is 15.3. The van der Waals surface area contributed by atoms with Gasteiger partial charge in [-0.1, -0.05) is 11.6 Å². The van der Waals surface area contributed by atoms with E-state index < -0.39 is 0 Å². The van der Waals surface area contributed by atoms with Gasteiger partial charge in [0.2, 0.25) is 0 Å². The number of nitrogens with one attached hydrogen (secondary N) is 1. The average Bonchev–Trinajstić information content (AvgIpc) is 3.28. The lowest BCUT2D eigenvalue weighted by molar-refractivity contribution is 0.153. The molecule has 3 aliphatic heterocycles. The van der Waals surface area contributed by atoms with Crippen LogP contribution in [0.3, 0.4) is 0 Å². The van der Waals surface area contributed by atoms with E-state index in [0.717, 1.165) is 57.6 Å². The first kappa shape index (κ1) is 17.7. The Morgan fingerprint density at radius 3 is 2.96 bits per heavy atom. The summed E-state index contributed by atoms with van der Waals surface area (Å²) in [7, 11) is 0. The third-order valence-corrected chi connectivity index (χ3v) is 5.39. The van der Waals surface area contributed by atoms with Crippen molar-refractivity contribution in [3.8, 4) is 0 Å². The second kappa shape index (κ2) is 9.42. The van der Waals surface area contributed by atoms with Crippen molar-refractivity contribution < 1.29 is 4.74 Å². The second-order valence-electron chi connectivity index (χ2n) is 7.28. The number of likely N-dealkylation sites (tertiary alicyclic amines) is 2. The molecule has 5 nitrogen and oxygen atoms in total. The minimum Gasteiger partial charge on any atom is -0.377 e. The molecule has 1 atom stereocenters. The van der Waals surface area contributed by atoms with Crippen LogP contribution in [0, 0.1) is 5.92 Å². The topological polar surface area (TPSA) is 40.1 Å². The van der Waals surface area contributed by atoms with Crippen LogP contribution in [0.1, 0.15) is 39.0 Å². The standard InChI is InChI=1S/C19H34N4O/c1-2-20-19(21-9-5-17-7-13-24-14-8-17)23-12-6-18(16-23)15-22-10-3-4-11-22/h7,18H,2-6,8-16H2,1H3,(H,20,21). The van der Waals surface area contributed by atoms with E-state index in [0.29, 0.717) is 0 Å². The maximum atomic E-state index is 5.38. The van der Waals surface area contributed by atoms with Gasteiger partial charge in [-0.25, -0.2) is 0 Å². The number of nitrogens with zero attached hydrogens (tertiary/aromatic N) is 3. The van der Waals surface area contributed by atoms with Crippen LogP contribution in [0.25, 0.3) is 0 Å². The van der Waals surface area contributed by atoms with E-state index in [1.807, 2.05) is 0 Å². The molecule has 0 aromatic carbocycles. The summed E-state index contributed by atoms with van der Waals surface area (Å²) in [5, 5.41) is 3.49. The molecule has 3 heterocycles. The van der Waals surface area contributed by atoms with Crippen LogP contribution in [0.5, 0.6) is 0 Å². The highest BCUT2D eigenvalue weighted by Gasteiger charge is 2.27. The summed E-state index contributed by atoms with van der Waals surface area (Å²) in [6.45, 7) is 11.9. The summed E-state index contributed by atoms with van der Waals surface area (Å²) < 4.78 is 5.38. The molecular formula is C19H34N4O. The number of aliphatic imine (C=N–C) groups is 1. The largest absolute Gasteiger partial charge is 0.377 e. The third kappa shape index (κ3) is 5.21. The molecule has 3 rings (SSSR count). The first-order valence-electron chi connectivity index (χ1n) is 9.86. The van der Waals surface area contributed by atoms with Crippen molar-refractivity contribution in [1.82, 2.24) is 15.1 Å². The minimum absolute atomic E-state index is 0.781. The van der Waals surface area contributed by atoms with Gasteiger partial charge in [-0.05, 0) is 58.0 Å². The lowest BCUT2D eigenvalue weighted by Gasteiger charge is -2.23. The van der Waals surface area contributed by atoms with E-state index in [9.17, 15) is 0 Å². The van der Waals surface area contributed by atoms with E-state index in [-0.39, 0.29) is 0 Å². The fourth-order valence-corrected chi connectivity index (χ4v) is 4.03. The van der Waals surface area contributed by atoms with Crippen LogP contribution < -0.4 is 5.32 Å². The molecule has 0 spiro atoms. The van der Waals surface area contributed by atoms with Crippen molar-refractivity contribution in [3.05, 3.63) is 11.6 Å². The van der Waals surface area contributed by atoms with Crippen LogP contribution in [-0.4, -0.2) is 74.8 Å². The molecule has 0 saturated carbocycles. The lowest BCUT2D eigenvalue weighted by Crippen LogP contribution is -2.40. The molecule has 0 aromatic rings. The quantitative estimate of drug-likeness (QED) is 0.459. The number of guanidine groups is 1. The third-order valence-electron chi connectivity index (χ3n) is 5.39. The minimum atomic E-state index is 0.781. The van der Waals surface area contributed by atoms with Gasteiger partial charge >= 0.3 is 0 Å². The van der Waals surface area contributed by atoms with Gasteiger partial charge in [-0.15, -0.1) is 0 Å². The Labute approximate surface area is 147 Å². The van der Waals surface area contributed by atoms with Gasteiger partial charge in [-0.2, -0.15) is 0 Å². The van der Waals surface area contributed by atoms with Gasteiger partial charge in [0.25, 0.3) is 0 Å². The summed E-state index contributed by atoms with van der Waals surface area (Å²) in [5.74, 6) is 1.93. The molecule has 1 N–H and O–H groups in total. The summed E-state index contributed by atoms with van der Waals surface area (Å²) >= 11 is 0. The van der Waals surface area contributed by atoms with Crippen molar-refractivity contribution in [3.63, 3.8) is 0 Å². The molecular weight excluding hydrogens is 300 g/mol. The molecule has 0 amide bonds. The molecule has 0 radical (unpaired) electrons. The Morgan fingerprint density at radius 2 is 2.21 bits per heavy atom.